The van der Waals surface area contributed by atoms with Crippen LogP contribution in [0.5, 0.6) is 0 Å². The summed E-state index contributed by atoms with van der Waals surface area (Å²) in [6.07, 6.45) is 0. The second-order valence-corrected chi connectivity index (χ2v) is 3.35. The van der Waals surface area contributed by atoms with E-state index in [4.69, 9.17) is 5.73 Å². The zero-order chi connectivity index (χ0) is 9.56. The highest BCUT2D eigenvalue weighted by molar-refractivity contribution is 5.74. The third kappa shape index (κ3) is 5.97. The number of nitrogens with two attached hydrogens (primary N) is 1. The van der Waals surface area contributed by atoms with Crippen molar-refractivity contribution in [2.75, 3.05) is 13.1 Å². The van der Waals surface area contributed by atoms with Crippen molar-refractivity contribution >= 4 is 6.03 Å². The first kappa shape index (κ1) is 11.2. The molecule has 0 saturated carbocycles. The number of amides is 2. The molecule has 4 nitrogen and oxygen atoms in total. The zero-order valence-electron chi connectivity index (χ0n) is 8.05. The molecule has 4 N–H and O–H groups in total. The lowest BCUT2D eigenvalue weighted by atomic mass is 10.2. The Morgan fingerprint density at radius 1 is 1.42 bits per heavy atom. The van der Waals surface area contributed by atoms with Gasteiger partial charge in [-0.3, -0.25) is 0 Å². The van der Waals surface area contributed by atoms with Gasteiger partial charge in [0.2, 0.25) is 0 Å². The van der Waals surface area contributed by atoms with Crippen LogP contribution in [0.4, 0.5) is 4.79 Å². The van der Waals surface area contributed by atoms with E-state index in [2.05, 4.69) is 10.6 Å². The molecule has 0 aromatic carbocycles. The summed E-state index contributed by atoms with van der Waals surface area (Å²) in [4.78, 5) is 11.0. The van der Waals surface area contributed by atoms with Crippen LogP contribution in [0, 0.1) is 5.92 Å². The van der Waals surface area contributed by atoms with E-state index in [0.717, 1.165) is 0 Å². The van der Waals surface area contributed by atoms with Crippen LogP contribution in [0.25, 0.3) is 0 Å². The van der Waals surface area contributed by atoms with E-state index in [-0.39, 0.29) is 12.1 Å². The average molecular weight is 173 g/mol. The monoisotopic (exact) mass is 173 g/mol. The van der Waals surface area contributed by atoms with Crippen LogP contribution in [0.1, 0.15) is 20.8 Å². The molecule has 0 aromatic rings. The molecule has 2 amide bonds. The Morgan fingerprint density at radius 3 is 2.42 bits per heavy atom. The van der Waals surface area contributed by atoms with E-state index >= 15 is 0 Å². The molecule has 0 fully saturated rings. The normalized spacial score (nSPS) is 12.8. The molecule has 1 atom stereocenters. The van der Waals surface area contributed by atoms with Gasteiger partial charge in [-0.1, -0.05) is 6.92 Å². The Morgan fingerprint density at radius 2 is 2.00 bits per heavy atom. The Kier molecular flexibility index (Phi) is 5.45. The standard InChI is InChI=1S/C8H19N3O/c1-6(2)11-8(12)10-5-7(3)4-9/h6-7H,4-5,9H2,1-3H3,(H2,10,11,12). The third-order valence-corrected chi connectivity index (χ3v) is 1.43. The van der Waals surface area contributed by atoms with Gasteiger partial charge in [0.05, 0.1) is 0 Å². The molecule has 1 unspecified atom stereocenters. The SMILES string of the molecule is CC(CN)CNC(=O)NC(C)C. The third-order valence-electron chi connectivity index (χ3n) is 1.43. The maximum atomic E-state index is 11.0. The topological polar surface area (TPSA) is 67.1 Å². The second kappa shape index (κ2) is 5.83. The minimum Gasteiger partial charge on any atom is -0.338 e. The van der Waals surface area contributed by atoms with E-state index in [1.807, 2.05) is 20.8 Å². The molecule has 0 radical (unpaired) electrons. The molecule has 0 spiro atoms. The summed E-state index contributed by atoms with van der Waals surface area (Å²) >= 11 is 0. The minimum atomic E-state index is -0.120. The Labute approximate surface area is 73.9 Å². The van der Waals surface area contributed by atoms with E-state index in [0.29, 0.717) is 19.0 Å². The van der Waals surface area contributed by atoms with Gasteiger partial charge in [0.15, 0.2) is 0 Å². The van der Waals surface area contributed by atoms with Crippen molar-refractivity contribution in [2.45, 2.75) is 26.8 Å². The smallest absolute Gasteiger partial charge is 0.314 e. The lowest BCUT2D eigenvalue weighted by Crippen LogP contribution is -2.41. The number of urea groups is 1. The molecule has 0 heterocycles. The van der Waals surface area contributed by atoms with E-state index < -0.39 is 0 Å². The maximum Gasteiger partial charge on any atom is 0.314 e. The second-order valence-electron chi connectivity index (χ2n) is 3.35. The highest BCUT2D eigenvalue weighted by Crippen LogP contribution is 1.86. The van der Waals surface area contributed by atoms with Crippen LogP contribution >= 0.6 is 0 Å². The van der Waals surface area contributed by atoms with Crippen molar-refractivity contribution in [1.29, 1.82) is 0 Å². The number of nitrogens with one attached hydrogen (secondary N) is 2. The van der Waals surface area contributed by atoms with E-state index in [1.54, 1.807) is 0 Å². The van der Waals surface area contributed by atoms with Crippen molar-refractivity contribution in [3.05, 3.63) is 0 Å². The molecular weight excluding hydrogens is 154 g/mol. The predicted molar refractivity (Wildman–Crippen MR) is 49.9 cm³/mol. The van der Waals surface area contributed by atoms with Gasteiger partial charge < -0.3 is 16.4 Å². The van der Waals surface area contributed by atoms with Crippen LogP contribution < -0.4 is 16.4 Å². The summed E-state index contributed by atoms with van der Waals surface area (Å²) in [6.45, 7) is 7.07. The van der Waals surface area contributed by atoms with Gasteiger partial charge in [-0.05, 0) is 26.3 Å². The summed E-state index contributed by atoms with van der Waals surface area (Å²) < 4.78 is 0. The molecule has 0 bridgehead atoms. The molecule has 0 saturated heterocycles. The first-order chi connectivity index (χ1) is 5.56. The predicted octanol–water partition coefficient (Wildman–Crippen LogP) is 0.289. The molecule has 0 aliphatic rings. The quantitative estimate of drug-likeness (QED) is 0.572. The first-order valence-corrected chi connectivity index (χ1v) is 4.30. The fraction of sp³-hybridized carbons (Fsp3) is 0.875. The van der Waals surface area contributed by atoms with Crippen LogP contribution in [0.15, 0.2) is 0 Å². The minimum absolute atomic E-state index is 0.120. The van der Waals surface area contributed by atoms with Gasteiger partial charge in [-0.2, -0.15) is 0 Å². The summed E-state index contributed by atoms with van der Waals surface area (Å²) in [5.74, 6) is 0.336. The van der Waals surface area contributed by atoms with Gasteiger partial charge in [0.25, 0.3) is 0 Å². The first-order valence-electron chi connectivity index (χ1n) is 4.30. The van der Waals surface area contributed by atoms with Crippen LogP contribution in [-0.4, -0.2) is 25.2 Å². The number of rotatable bonds is 4. The van der Waals surface area contributed by atoms with Gasteiger partial charge in [-0.25, -0.2) is 4.79 Å². The average Bonchev–Trinajstić information content (AvgIpc) is 1.99. The lowest BCUT2D eigenvalue weighted by Gasteiger charge is -2.12. The van der Waals surface area contributed by atoms with Crippen molar-refractivity contribution in [3.63, 3.8) is 0 Å². The highest BCUT2D eigenvalue weighted by atomic mass is 16.2. The Balaban J connectivity index is 3.44. The van der Waals surface area contributed by atoms with Crippen molar-refractivity contribution in [2.24, 2.45) is 11.7 Å². The summed E-state index contributed by atoms with van der Waals surface area (Å²) in [6, 6.07) is 0.0588. The Hall–Kier alpha value is -0.770. The summed E-state index contributed by atoms with van der Waals surface area (Å²) in [5.41, 5.74) is 5.39. The fourth-order valence-corrected chi connectivity index (χ4v) is 0.663. The molecule has 0 aliphatic heterocycles. The van der Waals surface area contributed by atoms with Crippen LogP contribution in [0.2, 0.25) is 0 Å². The van der Waals surface area contributed by atoms with Crippen LogP contribution in [-0.2, 0) is 0 Å². The molecule has 0 aliphatic carbocycles. The van der Waals surface area contributed by atoms with Crippen molar-refractivity contribution < 1.29 is 4.79 Å². The molecule has 12 heavy (non-hydrogen) atoms. The number of hydrogen-bond acceptors (Lipinski definition) is 2. The van der Waals surface area contributed by atoms with E-state index in [1.165, 1.54) is 0 Å². The number of hydrogen-bond donors (Lipinski definition) is 3. The van der Waals surface area contributed by atoms with Crippen molar-refractivity contribution in [1.82, 2.24) is 10.6 Å². The fourth-order valence-electron chi connectivity index (χ4n) is 0.663. The number of carbonyl (C=O) groups is 1. The molecule has 0 aromatic heterocycles. The lowest BCUT2D eigenvalue weighted by molar-refractivity contribution is 0.237. The van der Waals surface area contributed by atoms with Crippen LogP contribution in [0.3, 0.4) is 0 Å². The van der Waals surface area contributed by atoms with E-state index in [9.17, 15) is 4.79 Å². The largest absolute Gasteiger partial charge is 0.338 e. The summed E-state index contributed by atoms with van der Waals surface area (Å²) in [5, 5.41) is 5.47. The zero-order valence-corrected chi connectivity index (χ0v) is 8.05. The van der Waals surface area contributed by atoms with Gasteiger partial charge >= 0.3 is 6.03 Å². The molecular formula is C8H19N3O. The summed E-state index contributed by atoms with van der Waals surface area (Å²) in [7, 11) is 0. The van der Waals surface area contributed by atoms with Gasteiger partial charge in [-0.15, -0.1) is 0 Å². The molecule has 0 rings (SSSR count). The van der Waals surface area contributed by atoms with Gasteiger partial charge in [0, 0.05) is 12.6 Å². The Bertz CT molecular complexity index is 136. The highest BCUT2D eigenvalue weighted by Gasteiger charge is 2.03. The maximum absolute atomic E-state index is 11.0. The number of carbonyl (C=O) groups excluding carboxylic acids is 1. The van der Waals surface area contributed by atoms with Crippen molar-refractivity contribution in [3.8, 4) is 0 Å². The van der Waals surface area contributed by atoms with Gasteiger partial charge in [0.1, 0.15) is 0 Å². The molecule has 72 valence electrons. The molecule has 4 heteroatoms.